The number of nitrogens with zero attached hydrogens (tertiary/aromatic N) is 1. The molecule has 1 amide bonds. The van der Waals surface area contributed by atoms with Crippen LogP contribution >= 0.6 is 0 Å². The van der Waals surface area contributed by atoms with E-state index in [4.69, 9.17) is 5.11 Å². The van der Waals surface area contributed by atoms with Crippen LogP contribution in [0.4, 0.5) is 4.39 Å². The van der Waals surface area contributed by atoms with Gasteiger partial charge < -0.3 is 10.0 Å². The molecule has 0 radical (unpaired) electrons. The van der Waals surface area contributed by atoms with Gasteiger partial charge in [-0.15, -0.1) is 0 Å². The van der Waals surface area contributed by atoms with Gasteiger partial charge in [-0.3, -0.25) is 9.59 Å². The average Bonchev–Trinajstić information content (AvgIpc) is 3.16. The van der Waals surface area contributed by atoms with E-state index in [1.165, 1.54) is 6.07 Å². The fourth-order valence-corrected chi connectivity index (χ4v) is 2.02. The summed E-state index contributed by atoms with van der Waals surface area (Å²) in [6.07, 6.45) is 1.73. The number of halogens is 1. The fraction of sp³-hybridized carbons (Fsp3) is 0.429. The van der Waals surface area contributed by atoms with Crippen molar-refractivity contribution in [3.8, 4) is 0 Å². The standard InChI is InChI=1S/C14H16FNO3/c15-12-4-2-1-3-10(12)9-13(17)16(11-5-6-11)8-7-14(18)19/h1-4,11H,5-9H2,(H,18,19). The van der Waals surface area contributed by atoms with Crippen molar-refractivity contribution in [3.05, 3.63) is 35.6 Å². The predicted octanol–water partition coefficient (Wildman–Crippen LogP) is 1.83. The van der Waals surface area contributed by atoms with Gasteiger partial charge in [0.15, 0.2) is 0 Å². The highest BCUT2D eigenvalue weighted by Crippen LogP contribution is 2.27. The quantitative estimate of drug-likeness (QED) is 0.853. The molecule has 1 aromatic rings. The van der Waals surface area contributed by atoms with Crippen molar-refractivity contribution < 1.29 is 19.1 Å². The minimum absolute atomic E-state index is 0.0111. The van der Waals surface area contributed by atoms with E-state index in [9.17, 15) is 14.0 Å². The van der Waals surface area contributed by atoms with Crippen LogP contribution in [0.3, 0.4) is 0 Å². The predicted molar refractivity (Wildman–Crippen MR) is 67.1 cm³/mol. The van der Waals surface area contributed by atoms with Crippen molar-refractivity contribution in [2.75, 3.05) is 6.54 Å². The van der Waals surface area contributed by atoms with E-state index < -0.39 is 11.8 Å². The first kappa shape index (κ1) is 13.5. The lowest BCUT2D eigenvalue weighted by Crippen LogP contribution is -2.36. The Morgan fingerprint density at radius 3 is 2.58 bits per heavy atom. The molecule has 1 fully saturated rings. The van der Waals surface area contributed by atoms with Gasteiger partial charge in [0.2, 0.25) is 5.91 Å². The monoisotopic (exact) mass is 265 g/mol. The van der Waals surface area contributed by atoms with E-state index in [0.717, 1.165) is 12.8 Å². The van der Waals surface area contributed by atoms with E-state index in [1.807, 2.05) is 0 Å². The van der Waals surface area contributed by atoms with Gasteiger partial charge in [-0.1, -0.05) is 18.2 Å². The van der Waals surface area contributed by atoms with Crippen LogP contribution in [-0.4, -0.2) is 34.5 Å². The van der Waals surface area contributed by atoms with Gasteiger partial charge in [-0.25, -0.2) is 4.39 Å². The van der Waals surface area contributed by atoms with Crippen LogP contribution in [0.2, 0.25) is 0 Å². The molecule has 102 valence electrons. The smallest absolute Gasteiger partial charge is 0.305 e. The van der Waals surface area contributed by atoms with E-state index in [1.54, 1.807) is 23.1 Å². The van der Waals surface area contributed by atoms with Crippen LogP contribution in [0, 0.1) is 5.82 Å². The summed E-state index contributed by atoms with van der Waals surface area (Å²) in [7, 11) is 0. The molecule has 0 atom stereocenters. The Morgan fingerprint density at radius 2 is 2.00 bits per heavy atom. The van der Waals surface area contributed by atoms with Gasteiger partial charge in [-0.05, 0) is 24.5 Å². The molecule has 0 bridgehead atoms. The molecule has 0 aromatic heterocycles. The summed E-state index contributed by atoms with van der Waals surface area (Å²) in [6.45, 7) is 0.202. The largest absolute Gasteiger partial charge is 0.481 e. The second-order valence-electron chi connectivity index (χ2n) is 4.73. The second-order valence-corrected chi connectivity index (χ2v) is 4.73. The molecule has 19 heavy (non-hydrogen) atoms. The lowest BCUT2D eigenvalue weighted by Gasteiger charge is -2.21. The molecular weight excluding hydrogens is 249 g/mol. The van der Waals surface area contributed by atoms with Gasteiger partial charge in [0, 0.05) is 12.6 Å². The molecule has 1 saturated carbocycles. The van der Waals surface area contributed by atoms with Gasteiger partial charge in [0.25, 0.3) is 0 Å². The molecule has 5 heteroatoms. The third kappa shape index (κ3) is 3.77. The fourth-order valence-electron chi connectivity index (χ4n) is 2.02. The van der Waals surface area contributed by atoms with Gasteiger partial charge in [0.05, 0.1) is 12.8 Å². The third-order valence-electron chi connectivity index (χ3n) is 3.17. The van der Waals surface area contributed by atoms with Crippen molar-refractivity contribution in [3.63, 3.8) is 0 Å². The molecule has 0 unspecified atom stereocenters. The summed E-state index contributed by atoms with van der Waals surface area (Å²) in [4.78, 5) is 24.3. The maximum absolute atomic E-state index is 13.5. The Balaban J connectivity index is 1.99. The number of hydrogen-bond acceptors (Lipinski definition) is 2. The van der Waals surface area contributed by atoms with Crippen LogP contribution < -0.4 is 0 Å². The minimum Gasteiger partial charge on any atom is -0.481 e. The highest BCUT2D eigenvalue weighted by Gasteiger charge is 2.32. The van der Waals surface area contributed by atoms with Crippen LogP contribution in [0.1, 0.15) is 24.8 Å². The molecule has 0 spiro atoms. The zero-order chi connectivity index (χ0) is 13.8. The van der Waals surface area contributed by atoms with Crippen LogP contribution in [-0.2, 0) is 16.0 Å². The number of aliphatic carboxylic acids is 1. The number of carboxylic acid groups (broad SMARTS) is 1. The van der Waals surface area contributed by atoms with Gasteiger partial charge >= 0.3 is 5.97 Å². The second kappa shape index (κ2) is 5.82. The van der Waals surface area contributed by atoms with E-state index in [-0.39, 0.29) is 31.3 Å². The lowest BCUT2D eigenvalue weighted by molar-refractivity contribution is -0.138. The number of benzene rings is 1. The van der Waals surface area contributed by atoms with E-state index in [2.05, 4.69) is 0 Å². The van der Waals surface area contributed by atoms with Gasteiger partial charge in [0.1, 0.15) is 5.82 Å². The highest BCUT2D eigenvalue weighted by molar-refractivity contribution is 5.80. The number of rotatable bonds is 6. The number of carbonyl (C=O) groups is 2. The number of hydrogen-bond donors (Lipinski definition) is 1. The summed E-state index contributed by atoms with van der Waals surface area (Å²) >= 11 is 0. The minimum atomic E-state index is -0.927. The van der Waals surface area contributed by atoms with E-state index >= 15 is 0 Å². The number of carbonyl (C=O) groups excluding carboxylic acids is 1. The van der Waals surface area contributed by atoms with Crippen LogP contribution in [0.25, 0.3) is 0 Å². The van der Waals surface area contributed by atoms with Crippen molar-refractivity contribution in [2.24, 2.45) is 0 Å². The molecule has 1 aliphatic rings. The summed E-state index contributed by atoms with van der Waals surface area (Å²) in [5.41, 5.74) is 0.355. The number of carboxylic acids is 1. The van der Waals surface area contributed by atoms with Crippen LogP contribution in [0.5, 0.6) is 0 Å². The topological polar surface area (TPSA) is 57.6 Å². The molecule has 0 saturated heterocycles. The zero-order valence-corrected chi connectivity index (χ0v) is 10.5. The lowest BCUT2D eigenvalue weighted by atomic mass is 10.1. The van der Waals surface area contributed by atoms with Crippen molar-refractivity contribution >= 4 is 11.9 Å². The Labute approximate surface area is 110 Å². The first-order valence-corrected chi connectivity index (χ1v) is 6.32. The normalized spacial score (nSPS) is 14.2. The highest BCUT2D eigenvalue weighted by atomic mass is 19.1. The molecule has 0 heterocycles. The van der Waals surface area contributed by atoms with Crippen molar-refractivity contribution in [1.82, 2.24) is 4.90 Å². The molecule has 0 aliphatic heterocycles. The molecule has 2 rings (SSSR count). The first-order valence-electron chi connectivity index (χ1n) is 6.32. The maximum Gasteiger partial charge on any atom is 0.305 e. The molecule has 1 aromatic carbocycles. The summed E-state index contributed by atoms with van der Waals surface area (Å²) < 4.78 is 13.5. The zero-order valence-electron chi connectivity index (χ0n) is 10.5. The van der Waals surface area contributed by atoms with Crippen LogP contribution in [0.15, 0.2) is 24.3 Å². The Bertz CT molecular complexity index is 485. The summed E-state index contributed by atoms with van der Waals surface area (Å²) in [5.74, 6) is -1.52. The first-order chi connectivity index (χ1) is 9.08. The number of amides is 1. The summed E-state index contributed by atoms with van der Waals surface area (Å²) in [5, 5.41) is 8.68. The van der Waals surface area contributed by atoms with Crippen molar-refractivity contribution in [2.45, 2.75) is 31.7 Å². The van der Waals surface area contributed by atoms with Crippen molar-refractivity contribution in [1.29, 1.82) is 0 Å². The molecule has 1 aliphatic carbocycles. The third-order valence-corrected chi connectivity index (χ3v) is 3.17. The van der Waals surface area contributed by atoms with E-state index in [0.29, 0.717) is 5.56 Å². The summed E-state index contributed by atoms with van der Waals surface area (Å²) in [6, 6.07) is 6.30. The molecular formula is C14H16FNO3. The Kier molecular flexibility index (Phi) is 4.14. The molecule has 1 N–H and O–H groups in total. The average molecular weight is 265 g/mol. The Hall–Kier alpha value is -1.91. The maximum atomic E-state index is 13.5. The van der Waals surface area contributed by atoms with Gasteiger partial charge in [-0.2, -0.15) is 0 Å². The molecule has 4 nitrogen and oxygen atoms in total. The Morgan fingerprint density at radius 1 is 1.32 bits per heavy atom. The SMILES string of the molecule is O=C(O)CCN(C(=O)Cc1ccccc1F)C1CC1.